The molecule has 0 aromatic carbocycles. The first-order valence-corrected chi connectivity index (χ1v) is 6.23. The van der Waals surface area contributed by atoms with Gasteiger partial charge in [0.05, 0.1) is 0 Å². The largest absolute Gasteiger partial charge is 0.343 e. The molecule has 2 aromatic heterocycles. The van der Waals surface area contributed by atoms with Gasteiger partial charge in [-0.15, -0.1) is 5.10 Å². The van der Waals surface area contributed by atoms with Gasteiger partial charge in [-0.25, -0.2) is 14.9 Å². The maximum Gasteiger partial charge on any atom is 0.343 e. The lowest BCUT2D eigenvalue weighted by Gasteiger charge is -2.02. The highest BCUT2D eigenvalue weighted by Gasteiger charge is 2.10. The lowest BCUT2D eigenvalue weighted by Crippen LogP contribution is -2.16. The van der Waals surface area contributed by atoms with E-state index >= 15 is 0 Å². The van der Waals surface area contributed by atoms with Gasteiger partial charge in [-0.1, -0.05) is 0 Å². The number of Topliss-reactive ketones (excluding diaryl/α,β-unsaturated/α-hetero) is 1. The van der Waals surface area contributed by atoms with Gasteiger partial charge in [-0.3, -0.25) is 9.36 Å². The zero-order valence-electron chi connectivity index (χ0n) is 10.0. The maximum absolute atomic E-state index is 11.4. The van der Waals surface area contributed by atoms with E-state index in [1.165, 1.54) is 23.3 Å². The van der Waals surface area contributed by atoms with Crippen molar-refractivity contribution < 1.29 is 4.79 Å². The summed E-state index contributed by atoms with van der Waals surface area (Å²) >= 11 is 1.25. The van der Waals surface area contributed by atoms with E-state index in [0.29, 0.717) is 22.3 Å². The fourth-order valence-electron chi connectivity index (χ4n) is 1.44. The van der Waals surface area contributed by atoms with Crippen LogP contribution < -0.4 is 5.69 Å². The minimum atomic E-state index is -0.247. The van der Waals surface area contributed by atoms with Crippen molar-refractivity contribution in [1.29, 1.82) is 0 Å². The predicted octanol–water partition coefficient (Wildman–Crippen LogP) is 1.34. The Morgan fingerprint density at radius 2 is 2.33 bits per heavy atom. The van der Waals surface area contributed by atoms with Crippen LogP contribution >= 0.6 is 11.8 Å². The van der Waals surface area contributed by atoms with Gasteiger partial charge in [0.2, 0.25) is 0 Å². The van der Waals surface area contributed by atoms with Gasteiger partial charge >= 0.3 is 5.69 Å². The van der Waals surface area contributed by atoms with E-state index in [1.54, 1.807) is 18.3 Å². The molecule has 0 unspecified atom stereocenters. The molecule has 0 spiro atoms. The normalized spacial score (nSPS) is 10.6. The number of aromatic amines is 1. The highest BCUT2D eigenvalue weighted by Crippen LogP contribution is 2.23. The van der Waals surface area contributed by atoms with E-state index in [2.05, 4.69) is 15.2 Å². The molecule has 0 radical (unpaired) electrons. The highest BCUT2D eigenvalue weighted by molar-refractivity contribution is 7.99. The van der Waals surface area contributed by atoms with Gasteiger partial charge in [0.1, 0.15) is 5.03 Å². The van der Waals surface area contributed by atoms with Crippen LogP contribution in [0.2, 0.25) is 0 Å². The summed E-state index contributed by atoms with van der Waals surface area (Å²) in [5.74, 6) is -0.0193. The molecular formula is C11H12N4O2S. The summed E-state index contributed by atoms with van der Waals surface area (Å²) in [4.78, 5) is 26.8. The van der Waals surface area contributed by atoms with Crippen LogP contribution in [0.4, 0.5) is 0 Å². The van der Waals surface area contributed by atoms with Gasteiger partial charge in [-0.2, -0.15) is 0 Å². The molecule has 18 heavy (non-hydrogen) atoms. The average molecular weight is 264 g/mol. The molecule has 0 aliphatic carbocycles. The Morgan fingerprint density at radius 3 is 3.00 bits per heavy atom. The molecule has 94 valence electrons. The molecule has 0 saturated carbocycles. The molecular weight excluding hydrogens is 252 g/mol. The summed E-state index contributed by atoms with van der Waals surface area (Å²) in [5, 5.41) is 7.48. The van der Waals surface area contributed by atoms with E-state index in [-0.39, 0.29) is 11.5 Å². The van der Waals surface area contributed by atoms with E-state index in [0.717, 1.165) is 0 Å². The summed E-state index contributed by atoms with van der Waals surface area (Å²) in [6, 6.07) is 3.34. The van der Waals surface area contributed by atoms with Gasteiger partial charge in [0.15, 0.2) is 10.9 Å². The minimum Gasteiger partial charge on any atom is -0.295 e. The van der Waals surface area contributed by atoms with E-state index in [9.17, 15) is 9.59 Å². The van der Waals surface area contributed by atoms with Crippen molar-refractivity contribution in [3.8, 4) is 0 Å². The Morgan fingerprint density at radius 1 is 1.56 bits per heavy atom. The lowest BCUT2D eigenvalue weighted by molar-refractivity contribution is 0.101. The number of hydrogen-bond acceptors (Lipinski definition) is 5. The number of pyridine rings is 1. The predicted molar refractivity (Wildman–Crippen MR) is 66.9 cm³/mol. The number of rotatable bonds is 4. The molecule has 7 heteroatoms. The molecule has 0 amide bonds. The SMILES string of the molecule is CCn1c(Sc2cc(C(C)=O)ccn2)n[nH]c1=O. The minimum absolute atomic E-state index is 0.0193. The van der Waals surface area contributed by atoms with Gasteiger partial charge in [-0.05, 0) is 37.7 Å². The number of nitrogens with one attached hydrogen (secondary N) is 1. The Kier molecular flexibility index (Phi) is 3.61. The molecule has 0 saturated heterocycles. The van der Waals surface area contributed by atoms with Crippen molar-refractivity contribution in [2.45, 2.75) is 30.6 Å². The van der Waals surface area contributed by atoms with Crippen molar-refractivity contribution in [3.05, 3.63) is 34.4 Å². The van der Waals surface area contributed by atoms with Crippen LogP contribution in [-0.4, -0.2) is 25.5 Å². The molecule has 0 aliphatic rings. The molecule has 0 aliphatic heterocycles. The number of hydrogen-bond donors (Lipinski definition) is 1. The first kappa shape index (κ1) is 12.6. The van der Waals surface area contributed by atoms with Gasteiger partial charge < -0.3 is 0 Å². The fourth-order valence-corrected chi connectivity index (χ4v) is 2.34. The quantitative estimate of drug-likeness (QED) is 0.843. The molecule has 6 nitrogen and oxygen atoms in total. The van der Waals surface area contributed by atoms with Gasteiger partial charge in [0.25, 0.3) is 0 Å². The van der Waals surface area contributed by atoms with E-state index in [1.807, 2.05) is 6.92 Å². The van der Waals surface area contributed by atoms with Crippen molar-refractivity contribution >= 4 is 17.5 Å². The number of carbonyl (C=O) groups is 1. The maximum atomic E-state index is 11.4. The van der Waals surface area contributed by atoms with Crippen LogP contribution in [0.25, 0.3) is 0 Å². The van der Waals surface area contributed by atoms with Crippen LogP contribution in [0.5, 0.6) is 0 Å². The van der Waals surface area contributed by atoms with Crippen LogP contribution in [0.1, 0.15) is 24.2 Å². The summed E-state index contributed by atoms with van der Waals surface area (Å²) in [6.45, 7) is 3.89. The molecule has 0 atom stereocenters. The third-order valence-corrected chi connectivity index (χ3v) is 3.30. The van der Waals surface area contributed by atoms with Gasteiger partial charge in [0, 0.05) is 18.3 Å². The van der Waals surface area contributed by atoms with Crippen LogP contribution in [-0.2, 0) is 6.54 Å². The standard InChI is InChI=1S/C11H12N4O2S/c1-3-15-10(17)13-14-11(15)18-9-6-8(7(2)16)4-5-12-9/h4-6H,3H2,1-2H3,(H,13,17). The van der Waals surface area contributed by atoms with E-state index in [4.69, 9.17) is 0 Å². The number of aromatic nitrogens is 4. The number of carbonyl (C=O) groups excluding carboxylic acids is 1. The lowest BCUT2D eigenvalue weighted by atomic mass is 10.2. The highest BCUT2D eigenvalue weighted by atomic mass is 32.2. The summed E-state index contributed by atoms with van der Waals surface area (Å²) in [6.07, 6.45) is 1.57. The monoisotopic (exact) mass is 264 g/mol. The summed E-state index contributed by atoms with van der Waals surface area (Å²) < 4.78 is 1.51. The average Bonchev–Trinajstić information content (AvgIpc) is 2.70. The second kappa shape index (κ2) is 5.18. The first-order chi connectivity index (χ1) is 8.61. The Balaban J connectivity index is 2.31. The third-order valence-electron chi connectivity index (χ3n) is 2.38. The molecule has 2 heterocycles. The van der Waals surface area contributed by atoms with Crippen LogP contribution in [0.15, 0.2) is 33.3 Å². The zero-order valence-corrected chi connectivity index (χ0v) is 10.8. The molecule has 2 rings (SSSR count). The van der Waals surface area contributed by atoms with Crippen molar-refractivity contribution in [3.63, 3.8) is 0 Å². The van der Waals surface area contributed by atoms with Crippen LogP contribution in [0, 0.1) is 0 Å². The summed E-state index contributed by atoms with van der Waals surface area (Å²) in [5.41, 5.74) is 0.344. The number of H-pyrrole nitrogens is 1. The second-order valence-electron chi connectivity index (χ2n) is 3.60. The molecule has 2 aromatic rings. The molecule has 0 bridgehead atoms. The Labute approximate surface area is 107 Å². The smallest absolute Gasteiger partial charge is 0.295 e. The van der Waals surface area contributed by atoms with Crippen molar-refractivity contribution in [2.24, 2.45) is 0 Å². The first-order valence-electron chi connectivity index (χ1n) is 5.42. The van der Waals surface area contributed by atoms with Crippen molar-refractivity contribution in [2.75, 3.05) is 0 Å². The van der Waals surface area contributed by atoms with Crippen LogP contribution in [0.3, 0.4) is 0 Å². The fraction of sp³-hybridized carbons (Fsp3) is 0.273. The Hall–Kier alpha value is -1.89. The zero-order chi connectivity index (χ0) is 13.1. The molecule has 0 fully saturated rings. The topological polar surface area (TPSA) is 80.6 Å². The second-order valence-corrected chi connectivity index (χ2v) is 4.58. The third kappa shape index (κ3) is 2.51. The van der Waals surface area contributed by atoms with E-state index < -0.39 is 0 Å². The number of nitrogens with zero attached hydrogens (tertiary/aromatic N) is 3. The molecule has 1 N–H and O–H groups in total. The summed E-state index contributed by atoms with van der Waals surface area (Å²) in [7, 11) is 0. The van der Waals surface area contributed by atoms with Crippen molar-refractivity contribution in [1.82, 2.24) is 19.7 Å². The Bertz CT molecular complexity index is 632. The number of ketones is 1.